The number of imidazole rings is 1. The van der Waals surface area contributed by atoms with Gasteiger partial charge < -0.3 is 4.40 Å². The summed E-state index contributed by atoms with van der Waals surface area (Å²) in [6.45, 7) is 6.09. The molecule has 0 bridgehead atoms. The molecule has 5 aromatic heterocycles. The van der Waals surface area contributed by atoms with Crippen LogP contribution in [0.15, 0.2) is 225 Å². The summed E-state index contributed by atoms with van der Waals surface area (Å²) in [5, 5.41) is 16.3. The van der Waals surface area contributed by atoms with Crippen LogP contribution in [0.5, 0.6) is 11.5 Å². The summed E-state index contributed by atoms with van der Waals surface area (Å²) in [5.41, 5.74) is 17.5. The molecule has 7 nitrogen and oxygen atoms in total. The van der Waals surface area contributed by atoms with Gasteiger partial charge in [-0.3, -0.25) is 0 Å². The first-order chi connectivity index (χ1) is 40.7. The van der Waals surface area contributed by atoms with E-state index in [4.69, 9.17) is 13.8 Å². The number of rotatable bonds is 8. The number of nitriles is 1. The van der Waals surface area contributed by atoms with E-state index in [9.17, 15) is 5.26 Å². The van der Waals surface area contributed by atoms with E-state index in [1.807, 2.05) is 48.5 Å². The molecule has 0 saturated carbocycles. The first kappa shape index (κ1) is 45.3. The van der Waals surface area contributed by atoms with E-state index in [1.165, 1.54) is 0 Å². The van der Waals surface area contributed by atoms with Gasteiger partial charge in [0.2, 0.25) is 0 Å². The zero-order valence-electron chi connectivity index (χ0n) is 47.8. The molecule has 5 heterocycles. The number of aryl methyl sites for hydroxylation is 2. The molecule has 0 atom stereocenters. The normalized spacial score (nSPS) is 12.8. The number of ether oxygens (including phenoxy) is 1. The number of para-hydroxylation sites is 4. The van der Waals surface area contributed by atoms with E-state index in [1.54, 1.807) is 12.3 Å². The third-order valence-electron chi connectivity index (χ3n) is 16.3. The summed E-state index contributed by atoms with van der Waals surface area (Å²) in [5.74, 6) is 1.74. The summed E-state index contributed by atoms with van der Waals surface area (Å²) in [4.78, 5) is 5.18. The molecule has 15 aromatic rings. The van der Waals surface area contributed by atoms with Gasteiger partial charge in [0, 0.05) is 37.4 Å². The van der Waals surface area contributed by atoms with Crippen molar-refractivity contribution in [2.24, 2.45) is 0 Å². The Hall–Kier alpha value is -9.60. The predicted molar refractivity (Wildman–Crippen MR) is 328 cm³/mol. The van der Waals surface area contributed by atoms with Crippen LogP contribution in [-0.2, 0) is 24.8 Å². The monoisotopic (exact) mass is 1230 g/mol. The summed E-state index contributed by atoms with van der Waals surface area (Å²) >= 11 is 2.48. The minimum atomic E-state index is -2.47. The van der Waals surface area contributed by atoms with Crippen LogP contribution < -0.4 is 4.74 Å². The molecule has 10 aromatic carbocycles. The van der Waals surface area contributed by atoms with Gasteiger partial charge in [-0.25, -0.2) is 0 Å². The fraction of sp³-hybridized carbons (Fsp3) is 0.0822. The molecule has 0 aliphatic rings. The second-order valence-corrected chi connectivity index (χ2v) is 23.1. The van der Waals surface area contributed by atoms with Gasteiger partial charge in [-0.15, -0.1) is 0 Å². The molecule has 8 heteroatoms. The first-order valence-electron chi connectivity index (χ1n) is 28.6. The molecule has 0 aliphatic heterocycles. The topological polar surface area (TPSA) is 65.1 Å². The molecule has 15 rings (SSSR count). The molecule has 0 N–H and O–H groups in total. The molecule has 81 heavy (non-hydrogen) atoms. The first-order valence-corrected chi connectivity index (χ1v) is 28.3. The van der Waals surface area contributed by atoms with Gasteiger partial charge in [-0.2, -0.15) is 5.26 Å². The van der Waals surface area contributed by atoms with Crippen LogP contribution >= 0.6 is 0 Å². The minimum Gasteiger partial charge on any atom is -0.0579 e. The van der Waals surface area contributed by atoms with Crippen molar-refractivity contribution in [3.8, 4) is 68.1 Å². The van der Waals surface area contributed by atoms with Gasteiger partial charge >= 0.3 is 301 Å². The smallest absolute Gasteiger partial charge is 0.0579 e. The molecular formula is C73H52N6OPt. The van der Waals surface area contributed by atoms with Gasteiger partial charge in [0.25, 0.3) is 0 Å². The fourth-order valence-electron chi connectivity index (χ4n) is 12.3. The maximum atomic E-state index is 10.3. The van der Waals surface area contributed by atoms with Crippen LogP contribution in [0, 0.1) is 28.9 Å². The van der Waals surface area contributed by atoms with Gasteiger partial charge in [0.15, 0.2) is 0 Å². The van der Waals surface area contributed by atoms with E-state index < -0.39 is 6.85 Å². The van der Waals surface area contributed by atoms with Crippen molar-refractivity contribution in [1.29, 1.82) is 5.26 Å². The Morgan fingerprint density at radius 2 is 1.12 bits per heavy atom. The Morgan fingerprint density at radius 3 is 1.81 bits per heavy atom. The van der Waals surface area contributed by atoms with Crippen molar-refractivity contribution in [3.63, 3.8) is 0 Å². The van der Waals surface area contributed by atoms with Crippen molar-refractivity contribution in [2.45, 2.75) is 40.0 Å². The van der Waals surface area contributed by atoms with E-state index in [2.05, 4.69) is 235 Å². The van der Waals surface area contributed by atoms with Crippen LogP contribution in [0.25, 0.3) is 122 Å². The van der Waals surface area contributed by atoms with Crippen LogP contribution in [0.3, 0.4) is 0 Å². The zero-order valence-corrected chi connectivity index (χ0v) is 47.0. The Balaban J connectivity index is 0.922. The van der Waals surface area contributed by atoms with Gasteiger partial charge in [0.1, 0.15) is 0 Å². The number of benzene rings is 10. The summed E-state index contributed by atoms with van der Waals surface area (Å²) < 4.78 is 44.1. The van der Waals surface area contributed by atoms with Crippen molar-refractivity contribution < 1.29 is 28.2 Å². The Labute approximate surface area is 483 Å². The number of hydrogen-bond donors (Lipinski definition) is 0. The molecular weight excluding hydrogens is 1170 g/mol. The average Bonchev–Trinajstić information content (AvgIpc) is 1.65. The van der Waals surface area contributed by atoms with Gasteiger partial charge in [-0.1, -0.05) is 63.2 Å². The third-order valence-corrected chi connectivity index (χ3v) is 17.3. The van der Waals surface area contributed by atoms with E-state index >= 15 is 0 Å². The Morgan fingerprint density at radius 1 is 0.506 bits per heavy atom. The molecule has 0 spiro atoms. The van der Waals surface area contributed by atoms with Gasteiger partial charge in [-0.05, 0) is 47.2 Å². The average molecular weight is 1230 g/mol. The maximum absolute atomic E-state index is 10.3. The Kier molecular flexibility index (Phi) is 10.3. The third kappa shape index (κ3) is 7.66. The number of hydrogen-bond acceptors (Lipinski definition) is 3. The zero-order chi connectivity index (χ0) is 57.3. The Bertz CT molecular complexity index is 5230. The van der Waals surface area contributed by atoms with Gasteiger partial charge in [0.05, 0.1) is 28.2 Å². The van der Waals surface area contributed by atoms with Crippen LogP contribution in [0.4, 0.5) is 0 Å². The van der Waals surface area contributed by atoms with Crippen molar-refractivity contribution in [1.82, 2.24) is 23.1 Å². The number of aromatic nitrogens is 5. The van der Waals surface area contributed by atoms with Crippen LogP contribution in [0.1, 0.15) is 47.1 Å². The molecule has 0 fully saturated rings. The van der Waals surface area contributed by atoms with Crippen LogP contribution in [0.2, 0.25) is 0 Å². The van der Waals surface area contributed by atoms with E-state index in [0.717, 1.165) is 125 Å². The van der Waals surface area contributed by atoms with Crippen molar-refractivity contribution >= 4 is 70.9 Å². The number of fused-ring (bicyclic) bond motifs is 10. The SMILES string of the molecule is [2H]C([2H])([2H])c1cc(-n2c3cc(Oc4cc(-n5[c](=[Pt])n(-c6c(-c7ccccc7)cccc6-c6ccccc6)c6ccccc65)ccc4C)ccc3c3cc4c5cc(C#N)cc6c7ccccc7n(c4cc32)c65)ncc1-c1ccc(C(C)(C)C)cc1. The second kappa shape index (κ2) is 18.5. The fourth-order valence-corrected chi connectivity index (χ4v) is 13.4. The molecule has 390 valence electrons. The molecule has 0 unspecified atom stereocenters. The minimum absolute atomic E-state index is 0.0736. The van der Waals surface area contributed by atoms with Crippen molar-refractivity contribution in [2.75, 3.05) is 0 Å². The summed E-state index contributed by atoms with van der Waals surface area (Å²) in [6.07, 6.45) is 1.71. The second-order valence-electron chi connectivity index (χ2n) is 22.1. The number of pyridine rings is 1. The van der Waals surface area contributed by atoms with E-state index in [0.29, 0.717) is 28.4 Å². The summed E-state index contributed by atoms with van der Waals surface area (Å²) in [6, 6.07) is 77.9. The predicted octanol–water partition coefficient (Wildman–Crippen LogP) is 18.7. The van der Waals surface area contributed by atoms with Crippen LogP contribution in [-0.4, -0.2) is 23.1 Å². The molecule has 0 amide bonds. The molecule has 0 radical (unpaired) electrons. The molecule has 0 aliphatic carbocycles. The quantitative estimate of drug-likeness (QED) is 0.152. The van der Waals surface area contributed by atoms with E-state index in [-0.39, 0.29) is 11.0 Å². The standard InChI is InChI=1S/C73H52N6O.Pt/c1-45-27-32-52(76-44-77(65-26-15-14-25-64(65)76)71-54(48-17-8-6-9-18-48)22-16-23-55(71)49-19-10-7-11-20-49)38-69(45)80-53-33-34-57-58-40-59-61-37-47(42-74)36-60-56-21-12-13-24-63(56)79(72(60)61)68(59)41-67(58)78(66(57)39-53)70-35-46(2)62(43-75-70)50-28-30-51(31-29-50)73(3,4)5;/h6-41,43H,1-5H3;/i2D3;. The number of nitrogens with zero attached hydrogens (tertiary/aromatic N) is 6. The van der Waals surface area contributed by atoms with Crippen molar-refractivity contribution in [3.05, 3.63) is 251 Å². The molecule has 0 saturated heterocycles. The summed E-state index contributed by atoms with van der Waals surface area (Å²) in [7, 11) is 0.